The van der Waals surface area contributed by atoms with Crippen molar-refractivity contribution in [2.24, 2.45) is 0 Å². The molecule has 6 heteroatoms. The lowest BCUT2D eigenvalue weighted by molar-refractivity contribution is -0.140. The van der Waals surface area contributed by atoms with E-state index < -0.39 is 16.9 Å². The maximum Gasteiger partial charge on any atom is 0.421 e. The molecule has 0 spiro atoms. The number of hydrogen-bond acceptors (Lipinski definition) is 0. The smallest absolute Gasteiger partial charge is 0.168 e. The summed E-state index contributed by atoms with van der Waals surface area (Å²) in [4.78, 5) is 0. The molecular formula is C11H8Cl3F3. The Morgan fingerprint density at radius 2 is 1.82 bits per heavy atom. The van der Waals surface area contributed by atoms with E-state index in [0.29, 0.717) is 10.6 Å². The Bertz CT molecular complexity index is 424. The molecule has 17 heavy (non-hydrogen) atoms. The molecule has 0 radical (unpaired) electrons. The van der Waals surface area contributed by atoms with Gasteiger partial charge < -0.3 is 0 Å². The zero-order chi connectivity index (χ0) is 13.3. The average Bonchev–Trinajstić information content (AvgIpc) is 2.15. The first-order chi connectivity index (χ1) is 7.63. The summed E-state index contributed by atoms with van der Waals surface area (Å²) in [6.45, 7) is 3.54. The van der Waals surface area contributed by atoms with Gasteiger partial charge >= 0.3 is 6.18 Å². The summed E-state index contributed by atoms with van der Waals surface area (Å²) in [6, 6.07) is 6.32. The van der Waals surface area contributed by atoms with Gasteiger partial charge in [0.2, 0.25) is 4.33 Å². The molecule has 0 unspecified atom stereocenters. The van der Waals surface area contributed by atoms with Gasteiger partial charge in [-0.15, -0.1) is 0 Å². The molecular weight excluding hydrogens is 295 g/mol. The number of rotatable bonds is 3. The van der Waals surface area contributed by atoms with E-state index in [1.165, 1.54) is 6.07 Å². The molecule has 0 atom stereocenters. The third-order valence-corrected chi connectivity index (χ3v) is 3.01. The summed E-state index contributed by atoms with van der Waals surface area (Å²) >= 11 is 16.2. The number of allylic oxidation sites excluding steroid dienone is 1. The average molecular weight is 304 g/mol. The largest absolute Gasteiger partial charge is 0.421 e. The van der Waals surface area contributed by atoms with Crippen molar-refractivity contribution in [3.8, 4) is 0 Å². The number of benzene rings is 1. The predicted octanol–water partition coefficient (Wildman–Crippen LogP) is 5.48. The van der Waals surface area contributed by atoms with Gasteiger partial charge in [-0.2, -0.15) is 13.2 Å². The van der Waals surface area contributed by atoms with E-state index in [2.05, 4.69) is 6.58 Å². The van der Waals surface area contributed by atoms with Gasteiger partial charge in [0, 0.05) is 11.4 Å². The van der Waals surface area contributed by atoms with Crippen LogP contribution >= 0.6 is 34.8 Å². The van der Waals surface area contributed by atoms with Crippen molar-refractivity contribution < 1.29 is 13.2 Å². The molecule has 0 amide bonds. The molecule has 0 fully saturated rings. The number of hydrogen-bond donors (Lipinski definition) is 0. The summed E-state index contributed by atoms with van der Waals surface area (Å²) in [5, 5.41) is 0.408. The SMILES string of the molecule is C=C(CC(Cl)(Cl)C(F)(F)F)c1cccc(Cl)c1. The van der Waals surface area contributed by atoms with Gasteiger partial charge in [0.1, 0.15) is 0 Å². The van der Waals surface area contributed by atoms with Crippen LogP contribution in [0.3, 0.4) is 0 Å². The molecule has 0 aromatic heterocycles. The maximum absolute atomic E-state index is 12.5. The van der Waals surface area contributed by atoms with Crippen LogP contribution in [0.4, 0.5) is 13.2 Å². The molecule has 0 N–H and O–H groups in total. The van der Waals surface area contributed by atoms with E-state index >= 15 is 0 Å². The highest BCUT2D eigenvalue weighted by atomic mass is 35.5. The molecule has 0 aliphatic rings. The lowest BCUT2D eigenvalue weighted by Gasteiger charge is -2.23. The third kappa shape index (κ3) is 3.80. The van der Waals surface area contributed by atoms with Crippen LogP contribution in [0.2, 0.25) is 5.02 Å². The first kappa shape index (κ1) is 14.7. The van der Waals surface area contributed by atoms with Crippen LogP contribution in [0.25, 0.3) is 5.57 Å². The van der Waals surface area contributed by atoms with Crippen LogP contribution in [0, 0.1) is 0 Å². The normalized spacial score (nSPS) is 12.6. The molecule has 0 saturated carbocycles. The molecule has 1 rings (SSSR count). The van der Waals surface area contributed by atoms with Crippen molar-refractivity contribution in [3.63, 3.8) is 0 Å². The minimum absolute atomic E-state index is 0.176. The fraction of sp³-hybridized carbons (Fsp3) is 0.273. The Balaban J connectivity index is 2.87. The molecule has 94 valence electrons. The quantitative estimate of drug-likeness (QED) is 0.649. The fourth-order valence-corrected chi connectivity index (χ4v) is 1.69. The Morgan fingerprint density at radius 1 is 1.24 bits per heavy atom. The van der Waals surface area contributed by atoms with Crippen molar-refractivity contribution in [3.05, 3.63) is 41.4 Å². The second-order valence-corrected chi connectivity index (χ2v) is 5.41. The fourth-order valence-electron chi connectivity index (χ4n) is 1.18. The van der Waals surface area contributed by atoms with Crippen LogP contribution < -0.4 is 0 Å². The van der Waals surface area contributed by atoms with Gasteiger partial charge in [0.25, 0.3) is 0 Å². The van der Waals surface area contributed by atoms with E-state index in [-0.39, 0.29) is 5.57 Å². The van der Waals surface area contributed by atoms with Crippen molar-refractivity contribution >= 4 is 40.4 Å². The van der Waals surface area contributed by atoms with Gasteiger partial charge in [-0.1, -0.05) is 53.5 Å². The van der Waals surface area contributed by atoms with Crippen LogP contribution in [0.5, 0.6) is 0 Å². The monoisotopic (exact) mass is 302 g/mol. The minimum Gasteiger partial charge on any atom is -0.168 e. The maximum atomic E-state index is 12.5. The summed E-state index contributed by atoms with van der Waals surface area (Å²) < 4.78 is 34.5. The Morgan fingerprint density at radius 3 is 2.29 bits per heavy atom. The molecule has 0 bridgehead atoms. The second-order valence-electron chi connectivity index (χ2n) is 3.49. The zero-order valence-corrected chi connectivity index (χ0v) is 10.8. The van der Waals surface area contributed by atoms with Crippen molar-refractivity contribution in [1.82, 2.24) is 0 Å². The summed E-state index contributed by atoms with van der Waals surface area (Å²) in [7, 11) is 0. The van der Waals surface area contributed by atoms with Gasteiger partial charge in [-0.3, -0.25) is 0 Å². The first-order valence-corrected chi connectivity index (χ1v) is 5.65. The van der Waals surface area contributed by atoms with E-state index in [1.807, 2.05) is 0 Å². The predicted molar refractivity (Wildman–Crippen MR) is 65.6 cm³/mol. The van der Waals surface area contributed by atoms with Crippen molar-refractivity contribution in [1.29, 1.82) is 0 Å². The van der Waals surface area contributed by atoms with Gasteiger partial charge in [0.05, 0.1) is 0 Å². The number of alkyl halides is 5. The molecule has 0 saturated heterocycles. The summed E-state index contributed by atoms with van der Waals surface area (Å²) in [5.41, 5.74) is 0.655. The Kier molecular flexibility index (Phi) is 4.39. The highest BCUT2D eigenvalue weighted by molar-refractivity contribution is 6.49. The second kappa shape index (κ2) is 5.09. The van der Waals surface area contributed by atoms with Crippen molar-refractivity contribution in [2.75, 3.05) is 0 Å². The highest BCUT2D eigenvalue weighted by Crippen LogP contribution is 2.45. The van der Waals surface area contributed by atoms with E-state index in [1.54, 1.807) is 18.2 Å². The van der Waals surface area contributed by atoms with Crippen LogP contribution in [0.1, 0.15) is 12.0 Å². The number of halogens is 6. The lowest BCUT2D eigenvalue weighted by atomic mass is 10.0. The standard InChI is InChI=1S/C11H8Cl3F3/c1-7(6-10(13,14)11(15,16)17)8-3-2-4-9(12)5-8/h2-5H,1,6H2. The molecule has 0 aliphatic carbocycles. The van der Waals surface area contributed by atoms with E-state index in [4.69, 9.17) is 34.8 Å². The Labute approximate surface area is 112 Å². The summed E-state index contributed by atoms with van der Waals surface area (Å²) in [5.74, 6) is 0. The van der Waals surface area contributed by atoms with Crippen LogP contribution in [-0.2, 0) is 0 Å². The van der Waals surface area contributed by atoms with E-state index in [9.17, 15) is 13.2 Å². The first-order valence-electron chi connectivity index (χ1n) is 4.52. The Hall–Kier alpha value is -0.380. The van der Waals surface area contributed by atoms with Crippen molar-refractivity contribution in [2.45, 2.75) is 16.9 Å². The van der Waals surface area contributed by atoms with Gasteiger partial charge in [-0.05, 0) is 23.3 Å². The highest BCUT2D eigenvalue weighted by Gasteiger charge is 2.52. The third-order valence-electron chi connectivity index (χ3n) is 2.08. The molecule has 0 nitrogen and oxygen atoms in total. The lowest BCUT2D eigenvalue weighted by Crippen LogP contribution is -2.34. The molecule has 0 heterocycles. The van der Waals surface area contributed by atoms with Crippen LogP contribution in [-0.4, -0.2) is 10.5 Å². The minimum atomic E-state index is -4.71. The molecule has 0 aliphatic heterocycles. The van der Waals surface area contributed by atoms with Gasteiger partial charge in [-0.25, -0.2) is 0 Å². The topological polar surface area (TPSA) is 0 Å². The van der Waals surface area contributed by atoms with Gasteiger partial charge in [0.15, 0.2) is 0 Å². The zero-order valence-electron chi connectivity index (χ0n) is 8.49. The molecule has 1 aromatic rings. The summed E-state index contributed by atoms with van der Waals surface area (Å²) in [6.07, 6.45) is -5.32. The van der Waals surface area contributed by atoms with Crippen LogP contribution in [0.15, 0.2) is 30.8 Å². The molecule has 1 aromatic carbocycles. The van der Waals surface area contributed by atoms with E-state index in [0.717, 1.165) is 0 Å².